The van der Waals surface area contributed by atoms with Gasteiger partial charge >= 0.3 is 0 Å². The van der Waals surface area contributed by atoms with Crippen molar-refractivity contribution < 1.29 is 9.47 Å². The van der Waals surface area contributed by atoms with Gasteiger partial charge in [0.15, 0.2) is 11.5 Å². The number of benzene rings is 1. The Morgan fingerprint density at radius 2 is 2.19 bits per heavy atom. The van der Waals surface area contributed by atoms with Gasteiger partial charge in [0.1, 0.15) is 6.10 Å². The van der Waals surface area contributed by atoms with E-state index in [-0.39, 0.29) is 0 Å². The molecule has 2 atom stereocenters. The quantitative estimate of drug-likeness (QED) is 0.904. The molecule has 1 N–H and O–H groups in total. The number of rotatable bonds is 5. The van der Waals surface area contributed by atoms with Crippen molar-refractivity contribution >= 4 is 11.8 Å². The zero-order valence-corrected chi connectivity index (χ0v) is 13.6. The van der Waals surface area contributed by atoms with Crippen LogP contribution < -0.4 is 14.8 Å². The molecule has 0 saturated carbocycles. The van der Waals surface area contributed by atoms with Crippen LogP contribution in [-0.2, 0) is 6.42 Å². The second kappa shape index (κ2) is 7.41. The predicted molar refractivity (Wildman–Crippen MR) is 88.7 cm³/mol. The molecule has 2 heterocycles. The lowest BCUT2D eigenvalue weighted by Crippen LogP contribution is -2.24. The molecular weight excluding hydrogens is 282 g/mol. The van der Waals surface area contributed by atoms with E-state index >= 15 is 0 Å². The van der Waals surface area contributed by atoms with Crippen LogP contribution in [-0.4, -0.2) is 37.3 Å². The Bertz CT molecular complexity index is 454. The summed E-state index contributed by atoms with van der Waals surface area (Å²) in [5.74, 6) is 4.13. The topological polar surface area (TPSA) is 30.5 Å². The summed E-state index contributed by atoms with van der Waals surface area (Å²) in [6, 6.07) is 7.04. The second-order valence-corrected chi connectivity index (χ2v) is 7.09. The van der Waals surface area contributed by atoms with E-state index in [9.17, 15) is 0 Å². The summed E-state index contributed by atoms with van der Waals surface area (Å²) in [6.07, 6.45) is 6.39. The van der Waals surface area contributed by atoms with Gasteiger partial charge in [0, 0.05) is 11.8 Å². The molecule has 21 heavy (non-hydrogen) atoms. The highest BCUT2D eigenvalue weighted by Gasteiger charge is 2.19. The zero-order chi connectivity index (χ0) is 14.5. The molecule has 0 radical (unpaired) electrons. The molecule has 2 unspecified atom stereocenters. The van der Waals surface area contributed by atoms with Gasteiger partial charge < -0.3 is 14.8 Å². The van der Waals surface area contributed by atoms with E-state index in [0.29, 0.717) is 12.1 Å². The van der Waals surface area contributed by atoms with Gasteiger partial charge in [-0.05, 0) is 62.1 Å². The zero-order valence-electron chi connectivity index (χ0n) is 12.8. The molecular formula is C17H25NO2S. The molecule has 0 spiro atoms. The third kappa shape index (κ3) is 4.07. The van der Waals surface area contributed by atoms with Crippen molar-refractivity contribution in [2.24, 2.45) is 0 Å². The standard InChI is InChI=1S/C17H25NO2S/c1-19-17-11-13(10-14-4-2-8-18-14)6-7-16(17)20-15-5-3-9-21-12-15/h6-7,11,14-15,18H,2-5,8-10,12H2,1H3. The molecule has 1 aromatic carbocycles. The fraction of sp³-hybridized carbons (Fsp3) is 0.647. The number of nitrogens with one attached hydrogen (secondary N) is 1. The van der Waals surface area contributed by atoms with Gasteiger partial charge in [-0.25, -0.2) is 0 Å². The van der Waals surface area contributed by atoms with Gasteiger partial charge in [-0.2, -0.15) is 11.8 Å². The number of methoxy groups -OCH3 is 1. The molecule has 2 fully saturated rings. The van der Waals surface area contributed by atoms with Gasteiger partial charge in [-0.1, -0.05) is 6.07 Å². The average molecular weight is 307 g/mol. The first kappa shape index (κ1) is 15.0. The number of hydrogen-bond acceptors (Lipinski definition) is 4. The second-order valence-electron chi connectivity index (χ2n) is 5.94. The summed E-state index contributed by atoms with van der Waals surface area (Å²) in [5, 5.41) is 3.55. The van der Waals surface area contributed by atoms with E-state index in [0.717, 1.165) is 36.6 Å². The van der Waals surface area contributed by atoms with E-state index in [2.05, 4.69) is 23.5 Å². The maximum atomic E-state index is 6.14. The summed E-state index contributed by atoms with van der Waals surface area (Å²) in [6.45, 7) is 1.16. The average Bonchev–Trinajstić information content (AvgIpc) is 3.03. The largest absolute Gasteiger partial charge is 0.493 e. The fourth-order valence-electron chi connectivity index (χ4n) is 3.14. The van der Waals surface area contributed by atoms with Crippen LogP contribution in [0.5, 0.6) is 11.5 Å². The Kier molecular flexibility index (Phi) is 5.31. The van der Waals surface area contributed by atoms with Crippen molar-refractivity contribution in [1.29, 1.82) is 0 Å². The molecule has 3 rings (SSSR count). The highest BCUT2D eigenvalue weighted by molar-refractivity contribution is 7.99. The third-order valence-electron chi connectivity index (χ3n) is 4.28. The van der Waals surface area contributed by atoms with Crippen LogP contribution in [0.1, 0.15) is 31.2 Å². The van der Waals surface area contributed by atoms with Crippen molar-refractivity contribution in [3.05, 3.63) is 23.8 Å². The van der Waals surface area contributed by atoms with E-state index in [1.54, 1.807) is 7.11 Å². The van der Waals surface area contributed by atoms with Crippen LogP contribution in [0.15, 0.2) is 18.2 Å². The Morgan fingerprint density at radius 1 is 1.24 bits per heavy atom. The molecule has 0 amide bonds. The van der Waals surface area contributed by atoms with Crippen molar-refractivity contribution in [2.45, 2.75) is 44.2 Å². The van der Waals surface area contributed by atoms with Crippen LogP contribution in [0.2, 0.25) is 0 Å². The highest BCUT2D eigenvalue weighted by atomic mass is 32.2. The number of thioether (sulfide) groups is 1. The molecule has 2 aliphatic heterocycles. The summed E-state index contributed by atoms with van der Waals surface area (Å²) in [7, 11) is 1.73. The Morgan fingerprint density at radius 3 is 2.90 bits per heavy atom. The molecule has 2 aliphatic rings. The maximum absolute atomic E-state index is 6.14. The summed E-state index contributed by atoms with van der Waals surface area (Å²) < 4.78 is 11.7. The highest BCUT2D eigenvalue weighted by Crippen LogP contribution is 2.32. The monoisotopic (exact) mass is 307 g/mol. The van der Waals surface area contributed by atoms with Gasteiger partial charge in [-0.3, -0.25) is 0 Å². The lowest BCUT2D eigenvalue weighted by atomic mass is 10.0. The van der Waals surface area contributed by atoms with Crippen LogP contribution in [0.4, 0.5) is 0 Å². The summed E-state index contributed by atoms with van der Waals surface area (Å²) in [5.41, 5.74) is 1.33. The molecule has 2 saturated heterocycles. The smallest absolute Gasteiger partial charge is 0.161 e. The minimum Gasteiger partial charge on any atom is -0.493 e. The van der Waals surface area contributed by atoms with E-state index < -0.39 is 0 Å². The van der Waals surface area contributed by atoms with Crippen LogP contribution in [0.25, 0.3) is 0 Å². The van der Waals surface area contributed by atoms with E-state index in [1.165, 1.54) is 30.6 Å². The van der Waals surface area contributed by atoms with Crippen molar-refractivity contribution in [2.75, 3.05) is 25.2 Å². The van der Waals surface area contributed by atoms with Crippen molar-refractivity contribution in [1.82, 2.24) is 5.32 Å². The number of ether oxygens (including phenoxy) is 2. The fourth-order valence-corrected chi connectivity index (χ4v) is 4.17. The first-order chi connectivity index (χ1) is 10.3. The maximum Gasteiger partial charge on any atom is 0.161 e. The third-order valence-corrected chi connectivity index (χ3v) is 5.47. The lowest BCUT2D eigenvalue weighted by Gasteiger charge is -2.24. The molecule has 3 nitrogen and oxygen atoms in total. The first-order valence-corrected chi connectivity index (χ1v) is 9.15. The Hall–Kier alpha value is -0.870. The van der Waals surface area contributed by atoms with Crippen molar-refractivity contribution in [3.8, 4) is 11.5 Å². The SMILES string of the molecule is COc1cc(CC2CCCN2)ccc1OC1CCCSC1. The normalized spacial score (nSPS) is 25.8. The molecule has 116 valence electrons. The molecule has 0 aliphatic carbocycles. The van der Waals surface area contributed by atoms with Crippen molar-refractivity contribution in [3.63, 3.8) is 0 Å². The van der Waals surface area contributed by atoms with Gasteiger partial charge in [0.2, 0.25) is 0 Å². The number of hydrogen-bond donors (Lipinski definition) is 1. The van der Waals surface area contributed by atoms with E-state index in [1.807, 2.05) is 11.8 Å². The predicted octanol–water partition coefficient (Wildman–Crippen LogP) is 3.26. The Balaban J connectivity index is 1.65. The van der Waals surface area contributed by atoms with Crippen LogP contribution >= 0.6 is 11.8 Å². The molecule has 0 bridgehead atoms. The van der Waals surface area contributed by atoms with E-state index in [4.69, 9.17) is 9.47 Å². The minimum absolute atomic E-state index is 0.333. The van der Waals surface area contributed by atoms with Gasteiger partial charge in [-0.15, -0.1) is 0 Å². The van der Waals surface area contributed by atoms with Gasteiger partial charge in [0.25, 0.3) is 0 Å². The first-order valence-electron chi connectivity index (χ1n) is 8.00. The minimum atomic E-state index is 0.333. The van der Waals surface area contributed by atoms with Gasteiger partial charge in [0.05, 0.1) is 7.11 Å². The summed E-state index contributed by atoms with van der Waals surface area (Å²) in [4.78, 5) is 0. The molecule has 1 aromatic rings. The molecule has 0 aromatic heterocycles. The van der Waals surface area contributed by atoms with Crippen LogP contribution in [0.3, 0.4) is 0 Å². The lowest BCUT2D eigenvalue weighted by molar-refractivity contribution is 0.202. The van der Waals surface area contributed by atoms with Crippen LogP contribution in [0, 0.1) is 0 Å². The Labute approximate surface area is 131 Å². The summed E-state index contributed by atoms with van der Waals surface area (Å²) >= 11 is 1.99. The molecule has 4 heteroatoms.